The van der Waals surface area contributed by atoms with Gasteiger partial charge in [0.05, 0.1) is 11.7 Å². The fourth-order valence-electron chi connectivity index (χ4n) is 3.61. The first-order valence-corrected chi connectivity index (χ1v) is 14.0. The van der Waals surface area contributed by atoms with E-state index in [-0.39, 0.29) is 30.2 Å². The molecule has 0 N–H and O–H groups in total. The number of benzene rings is 1. The molecule has 8 heteroatoms. The third-order valence-corrected chi connectivity index (χ3v) is 11.0. The van der Waals surface area contributed by atoms with Crippen LogP contribution in [0.1, 0.15) is 50.4 Å². The summed E-state index contributed by atoms with van der Waals surface area (Å²) < 4.78 is 17.5. The van der Waals surface area contributed by atoms with E-state index in [1.165, 1.54) is 0 Å². The summed E-state index contributed by atoms with van der Waals surface area (Å²) in [6, 6.07) is 8.87. The van der Waals surface area contributed by atoms with Crippen molar-refractivity contribution in [1.82, 2.24) is 4.90 Å². The molecule has 2 atom stereocenters. The summed E-state index contributed by atoms with van der Waals surface area (Å²) in [5, 5.41) is 0.00798. The normalized spacial score (nSPS) is 21.9. The van der Waals surface area contributed by atoms with Gasteiger partial charge in [-0.1, -0.05) is 45.0 Å². The van der Waals surface area contributed by atoms with Crippen molar-refractivity contribution in [2.75, 3.05) is 13.2 Å². The molecular weight excluding hydrogens is 426 g/mol. The molecule has 0 radical (unpaired) electrons. The Balaban J connectivity index is 1.81. The SMILES string of the molecule is CC(C)(C)[Si](C)(C)O[C@H]1CCC=C(CCN2C(=O)COC2=O)[C@@H]1OC(=O)c1ccccc1. The van der Waals surface area contributed by atoms with E-state index in [0.29, 0.717) is 12.0 Å². The van der Waals surface area contributed by atoms with Crippen LogP contribution in [0.3, 0.4) is 0 Å². The fourth-order valence-corrected chi connectivity index (χ4v) is 4.96. The summed E-state index contributed by atoms with van der Waals surface area (Å²) in [5.41, 5.74) is 1.35. The lowest BCUT2D eigenvalue weighted by Crippen LogP contribution is -2.49. The van der Waals surface area contributed by atoms with Crippen molar-refractivity contribution in [2.45, 2.75) is 70.4 Å². The summed E-state index contributed by atoms with van der Waals surface area (Å²) >= 11 is 0. The summed E-state index contributed by atoms with van der Waals surface area (Å²) in [7, 11) is -2.12. The van der Waals surface area contributed by atoms with E-state index in [2.05, 4.69) is 33.9 Å². The molecule has 0 saturated carbocycles. The van der Waals surface area contributed by atoms with Crippen molar-refractivity contribution in [3.8, 4) is 0 Å². The average molecular weight is 460 g/mol. The van der Waals surface area contributed by atoms with Gasteiger partial charge < -0.3 is 13.9 Å². The first-order valence-electron chi connectivity index (χ1n) is 11.1. The molecule has 3 rings (SSSR count). The molecule has 1 fully saturated rings. The van der Waals surface area contributed by atoms with Crippen LogP contribution in [0.5, 0.6) is 0 Å². The van der Waals surface area contributed by atoms with Crippen LogP contribution in [0.25, 0.3) is 0 Å². The average Bonchev–Trinajstić information content (AvgIpc) is 3.05. The molecule has 2 aliphatic rings. The van der Waals surface area contributed by atoms with Gasteiger partial charge in [0.25, 0.3) is 5.91 Å². The Hall–Kier alpha value is -2.45. The van der Waals surface area contributed by atoms with Gasteiger partial charge in [0, 0.05) is 6.54 Å². The van der Waals surface area contributed by atoms with E-state index < -0.39 is 26.5 Å². The smallest absolute Gasteiger partial charge is 0.417 e. The Morgan fingerprint density at radius 1 is 1.19 bits per heavy atom. The zero-order chi connectivity index (χ0) is 23.5. The molecule has 1 heterocycles. The quantitative estimate of drug-likeness (QED) is 0.334. The lowest BCUT2D eigenvalue weighted by Gasteiger charge is -2.42. The van der Waals surface area contributed by atoms with Gasteiger partial charge in [-0.25, -0.2) is 14.5 Å². The number of imide groups is 1. The number of carbonyl (C=O) groups excluding carboxylic acids is 3. The van der Waals surface area contributed by atoms with Crippen molar-refractivity contribution in [3.63, 3.8) is 0 Å². The molecule has 1 saturated heterocycles. The van der Waals surface area contributed by atoms with Crippen molar-refractivity contribution in [1.29, 1.82) is 0 Å². The van der Waals surface area contributed by atoms with Crippen molar-refractivity contribution < 1.29 is 28.3 Å². The van der Waals surface area contributed by atoms with Gasteiger partial charge in [-0.3, -0.25) is 4.79 Å². The van der Waals surface area contributed by atoms with Gasteiger partial charge in [-0.2, -0.15) is 0 Å². The molecule has 1 aromatic carbocycles. The molecule has 174 valence electrons. The number of rotatable bonds is 7. The number of allylic oxidation sites excluding steroid dienone is 1. The van der Waals surface area contributed by atoms with Gasteiger partial charge in [0.15, 0.2) is 14.9 Å². The van der Waals surface area contributed by atoms with E-state index in [1.54, 1.807) is 24.3 Å². The number of nitrogens with zero attached hydrogens (tertiary/aromatic N) is 1. The zero-order valence-corrected chi connectivity index (χ0v) is 20.6. The van der Waals surface area contributed by atoms with Crippen molar-refractivity contribution >= 4 is 26.3 Å². The van der Waals surface area contributed by atoms with Gasteiger partial charge >= 0.3 is 12.1 Å². The number of amides is 2. The molecule has 0 spiro atoms. The van der Waals surface area contributed by atoms with Crippen LogP contribution in [-0.2, 0) is 18.7 Å². The molecule has 1 aliphatic heterocycles. The monoisotopic (exact) mass is 459 g/mol. The minimum Gasteiger partial charge on any atom is -0.452 e. The van der Waals surface area contributed by atoms with E-state index in [4.69, 9.17) is 13.9 Å². The van der Waals surface area contributed by atoms with E-state index in [0.717, 1.165) is 23.3 Å². The first-order chi connectivity index (χ1) is 15.0. The van der Waals surface area contributed by atoms with Crippen molar-refractivity contribution in [2.24, 2.45) is 0 Å². The molecule has 2 amide bonds. The highest BCUT2D eigenvalue weighted by Crippen LogP contribution is 2.40. The predicted octanol–water partition coefficient (Wildman–Crippen LogP) is 4.69. The standard InChI is InChI=1S/C24H33NO6Si/c1-24(2,3)32(4,5)31-19-13-9-12-17(14-15-25-20(26)16-29-23(25)28)21(19)30-22(27)18-10-7-6-8-11-18/h6-8,10-12,19,21H,9,13-16H2,1-5H3/t19-,21-/m0/s1. The number of hydrogen-bond donors (Lipinski definition) is 0. The maximum absolute atomic E-state index is 12.9. The van der Waals surface area contributed by atoms with Crippen LogP contribution in [0.2, 0.25) is 18.1 Å². The Labute approximate surface area is 190 Å². The minimum absolute atomic E-state index is 0.00798. The number of carbonyl (C=O) groups is 3. The number of cyclic esters (lactones) is 1. The Bertz CT molecular complexity index is 874. The Morgan fingerprint density at radius 2 is 1.88 bits per heavy atom. The Kier molecular flexibility index (Phi) is 7.24. The van der Waals surface area contributed by atoms with Gasteiger partial charge in [-0.15, -0.1) is 0 Å². The van der Waals surface area contributed by atoms with Gasteiger partial charge in [0.2, 0.25) is 0 Å². The maximum atomic E-state index is 12.9. The fraction of sp³-hybridized carbons (Fsp3) is 0.542. The van der Waals surface area contributed by atoms with Crippen molar-refractivity contribution in [3.05, 3.63) is 47.5 Å². The third-order valence-electron chi connectivity index (χ3n) is 6.52. The van der Waals surface area contributed by atoms with Crippen LogP contribution in [0.4, 0.5) is 4.79 Å². The van der Waals surface area contributed by atoms with Crippen LogP contribution in [0.15, 0.2) is 42.0 Å². The number of ether oxygens (including phenoxy) is 2. The van der Waals surface area contributed by atoms with E-state index in [9.17, 15) is 14.4 Å². The first kappa shape index (κ1) is 24.2. The lowest BCUT2D eigenvalue weighted by atomic mass is 9.91. The van der Waals surface area contributed by atoms with E-state index in [1.807, 2.05) is 12.1 Å². The number of hydrogen-bond acceptors (Lipinski definition) is 6. The summed E-state index contributed by atoms with van der Waals surface area (Å²) in [4.78, 5) is 37.7. The highest BCUT2D eigenvalue weighted by atomic mass is 28.4. The second kappa shape index (κ2) is 9.58. The highest BCUT2D eigenvalue weighted by molar-refractivity contribution is 6.74. The molecule has 32 heavy (non-hydrogen) atoms. The maximum Gasteiger partial charge on any atom is 0.417 e. The molecule has 1 aromatic rings. The summed E-state index contributed by atoms with van der Waals surface area (Å²) in [6.07, 6.45) is 2.51. The molecule has 0 bridgehead atoms. The van der Waals surface area contributed by atoms with Gasteiger partial charge in [0.1, 0.15) is 6.10 Å². The molecular formula is C24H33NO6Si. The number of esters is 1. The van der Waals surface area contributed by atoms with Crippen LogP contribution in [-0.4, -0.2) is 56.5 Å². The summed E-state index contributed by atoms with van der Waals surface area (Å²) in [6.45, 7) is 10.9. The zero-order valence-electron chi connectivity index (χ0n) is 19.6. The van der Waals surface area contributed by atoms with E-state index >= 15 is 0 Å². The highest BCUT2D eigenvalue weighted by Gasteiger charge is 2.43. The predicted molar refractivity (Wildman–Crippen MR) is 123 cm³/mol. The van der Waals surface area contributed by atoms with Crippen LogP contribution >= 0.6 is 0 Å². The molecule has 0 unspecified atom stereocenters. The minimum atomic E-state index is -2.12. The van der Waals surface area contributed by atoms with Crippen LogP contribution < -0.4 is 0 Å². The summed E-state index contributed by atoms with van der Waals surface area (Å²) in [5.74, 6) is -0.762. The largest absolute Gasteiger partial charge is 0.452 e. The Morgan fingerprint density at radius 3 is 2.47 bits per heavy atom. The molecule has 7 nitrogen and oxygen atoms in total. The lowest BCUT2D eigenvalue weighted by molar-refractivity contribution is -0.125. The van der Waals surface area contributed by atoms with Gasteiger partial charge in [-0.05, 0) is 55.1 Å². The second-order valence-electron chi connectivity index (χ2n) is 9.81. The molecule has 1 aliphatic carbocycles. The second-order valence-corrected chi connectivity index (χ2v) is 14.6. The molecule has 0 aromatic heterocycles. The third kappa shape index (κ3) is 5.47. The topological polar surface area (TPSA) is 82.1 Å². The van der Waals surface area contributed by atoms with Crippen LogP contribution in [0, 0.1) is 0 Å².